The van der Waals surface area contributed by atoms with Crippen molar-refractivity contribution in [1.29, 1.82) is 0 Å². The molecule has 28 heavy (non-hydrogen) atoms. The van der Waals surface area contributed by atoms with Gasteiger partial charge in [-0.2, -0.15) is 0 Å². The number of nitrogens with one attached hydrogen (secondary N) is 1. The first-order chi connectivity index (χ1) is 13.7. The van der Waals surface area contributed by atoms with Crippen molar-refractivity contribution in [1.82, 2.24) is 15.1 Å². The minimum absolute atomic E-state index is 0.197. The van der Waals surface area contributed by atoms with Gasteiger partial charge in [0.05, 0.1) is 18.8 Å². The van der Waals surface area contributed by atoms with Crippen molar-refractivity contribution in [2.24, 2.45) is 10.9 Å². The molecule has 7 nitrogen and oxygen atoms in total. The Morgan fingerprint density at radius 1 is 1.07 bits per heavy atom. The SMILES string of the molecule is CN=C(NCC1CCN(C(C)=O)CC1)N1CCC(OCC2CCCCO2)CC1. The Morgan fingerprint density at radius 3 is 2.39 bits per heavy atom. The molecule has 7 heteroatoms. The van der Waals surface area contributed by atoms with E-state index in [1.807, 2.05) is 11.9 Å². The Morgan fingerprint density at radius 2 is 1.79 bits per heavy atom. The summed E-state index contributed by atoms with van der Waals surface area (Å²) in [5.41, 5.74) is 0. The van der Waals surface area contributed by atoms with Crippen LogP contribution in [-0.2, 0) is 14.3 Å². The number of guanidine groups is 1. The minimum atomic E-state index is 0.197. The molecule has 1 N–H and O–H groups in total. The van der Waals surface area contributed by atoms with Gasteiger partial charge in [-0.25, -0.2) is 0 Å². The van der Waals surface area contributed by atoms with Gasteiger partial charge < -0.3 is 24.6 Å². The number of aliphatic imine (C=N–C) groups is 1. The Labute approximate surface area is 169 Å². The number of nitrogens with zero attached hydrogens (tertiary/aromatic N) is 3. The van der Waals surface area contributed by atoms with Crippen LogP contribution in [0.4, 0.5) is 0 Å². The summed E-state index contributed by atoms with van der Waals surface area (Å²) >= 11 is 0. The maximum absolute atomic E-state index is 11.5. The zero-order chi connectivity index (χ0) is 19.8. The van der Waals surface area contributed by atoms with Crippen LogP contribution in [-0.4, -0.2) is 86.9 Å². The van der Waals surface area contributed by atoms with Crippen LogP contribution >= 0.6 is 0 Å². The predicted octanol–water partition coefficient (Wildman–Crippen LogP) is 1.87. The molecule has 3 aliphatic rings. The molecule has 3 heterocycles. The number of carbonyl (C=O) groups excluding carboxylic acids is 1. The zero-order valence-corrected chi connectivity index (χ0v) is 17.7. The number of carbonyl (C=O) groups is 1. The third kappa shape index (κ3) is 6.34. The Balaban J connectivity index is 1.33. The van der Waals surface area contributed by atoms with Gasteiger partial charge >= 0.3 is 0 Å². The highest BCUT2D eigenvalue weighted by molar-refractivity contribution is 5.80. The largest absolute Gasteiger partial charge is 0.376 e. The molecule has 0 saturated carbocycles. The molecule has 3 fully saturated rings. The van der Waals surface area contributed by atoms with E-state index in [0.717, 1.165) is 84.0 Å². The molecule has 0 aliphatic carbocycles. The van der Waals surface area contributed by atoms with E-state index < -0.39 is 0 Å². The van der Waals surface area contributed by atoms with Gasteiger partial charge in [0, 0.05) is 53.3 Å². The van der Waals surface area contributed by atoms with E-state index in [1.54, 1.807) is 6.92 Å². The van der Waals surface area contributed by atoms with Crippen LogP contribution in [0.1, 0.15) is 51.9 Å². The molecule has 1 amide bonds. The third-order valence-electron chi connectivity index (χ3n) is 6.35. The maximum Gasteiger partial charge on any atom is 0.219 e. The van der Waals surface area contributed by atoms with Gasteiger partial charge in [-0.15, -0.1) is 0 Å². The molecule has 3 rings (SSSR count). The van der Waals surface area contributed by atoms with Crippen molar-refractivity contribution < 1.29 is 14.3 Å². The highest BCUT2D eigenvalue weighted by Gasteiger charge is 2.25. The van der Waals surface area contributed by atoms with Gasteiger partial charge in [0.1, 0.15) is 0 Å². The highest BCUT2D eigenvalue weighted by atomic mass is 16.5. The van der Waals surface area contributed by atoms with Crippen molar-refractivity contribution in [3.63, 3.8) is 0 Å². The monoisotopic (exact) mass is 394 g/mol. The first kappa shape index (κ1) is 21.4. The third-order valence-corrected chi connectivity index (χ3v) is 6.35. The van der Waals surface area contributed by atoms with Gasteiger partial charge in [-0.1, -0.05) is 0 Å². The van der Waals surface area contributed by atoms with Crippen LogP contribution in [0.3, 0.4) is 0 Å². The molecule has 1 unspecified atom stereocenters. The fourth-order valence-electron chi connectivity index (χ4n) is 4.44. The standard InChI is InChI=1S/C21H38N4O3/c1-17(26)24-10-6-18(7-11-24)15-23-21(22-2)25-12-8-19(9-13-25)28-16-20-5-3-4-14-27-20/h18-20H,3-16H2,1-2H3,(H,22,23). The van der Waals surface area contributed by atoms with Crippen LogP contribution in [0.25, 0.3) is 0 Å². The summed E-state index contributed by atoms with van der Waals surface area (Å²) in [5.74, 6) is 1.81. The summed E-state index contributed by atoms with van der Waals surface area (Å²) in [6, 6.07) is 0. The van der Waals surface area contributed by atoms with E-state index in [4.69, 9.17) is 9.47 Å². The van der Waals surface area contributed by atoms with Crippen molar-refractivity contribution >= 4 is 11.9 Å². The number of likely N-dealkylation sites (tertiary alicyclic amines) is 2. The average Bonchev–Trinajstić information content (AvgIpc) is 2.74. The first-order valence-corrected chi connectivity index (χ1v) is 11.1. The summed E-state index contributed by atoms with van der Waals surface area (Å²) < 4.78 is 11.9. The lowest BCUT2D eigenvalue weighted by atomic mass is 9.97. The Bertz CT molecular complexity index is 506. The van der Waals surface area contributed by atoms with Gasteiger partial charge in [0.2, 0.25) is 5.91 Å². The lowest BCUT2D eigenvalue weighted by Gasteiger charge is -2.36. The van der Waals surface area contributed by atoms with Gasteiger partial charge in [-0.05, 0) is 50.9 Å². The fraction of sp³-hybridized carbons (Fsp3) is 0.905. The zero-order valence-electron chi connectivity index (χ0n) is 17.7. The summed E-state index contributed by atoms with van der Waals surface area (Å²) in [4.78, 5) is 20.2. The van der Waals surface area contributed by atoms with Crippen LogP contribution in [0.2, 0.25) is 0 Å². The van der Waals surface area contributed by atoms with E-state index in [2.05, 4.69) is 15.2 Å². The van der Waals surface area contributed by atoms with Crippen molar-refractivity contribution in [3.8, 4) is 0 Å². The smallest absolute Gasteiger partial charge is 0.219 e. The number of amides is 1. The number of piperidine rings is 2. The molecular weight excluding hydrogens is 356 g/mol. The first-order valence-electron chi connectivity index (χ1n) is 11.1. The molecule has 0 aromatic carbocycles. The molecule has 3 aliphatic heterocycles. The topological polar surface area (TPSA) is 66.4 Å². The average molecular weight is 395 g/mol. The molecular formula is C21H38N4O3. The van der Waals surface area contributed by atoms with E-state index in [-0.39, 0.29) is 5.91 Å². The molecule has 0 aromatic rings. The van der Waals surface area contributed by atoms with E-state index in [1.165, 1.54) is 12.8 Å². The fourth-order valence-corrected chi connectivity index (χ4v) is 4.44. The van der Waals surface area contributed by atoms with Crippen LogP contribution < -0.4 is 5.32 Å². The van der Waals surface area contributed by atoms with Gasteiger partial charge in [0.25, 0.3) is 0 Å². The van der Waals surface area contributed by atoms with Crippen molar-refractivity contribution in [2.75, 3.05) is 53.0 Å². The summed E-state index contributed by atoms with van der Waals surface area (Å²) in [7, 11) is 1.86. The second kappa shape index (κ2) is 11.0. The van der Waals surface area contributed by atoms with Crippen molar-refractivity contribution in [3.05, 3.63) is 0 Å². The lowest BCUT2D eigenvalue weighted by Crippen LogP contribution is -2.49. The van der Waals surface area contributed by atoms with Gasteiger partial charge in [0.15, 0.2) is 5.96 Å². The van der Waals surface area contributed by atoms with E-state index >= 15 is 0 Å². The predicted molar refractivity (Wildman–Crippen MR) is 110 cm³/mol. The lowest BCUT2D eigenvalue weighted by molar-refractivity contribution is -0.130. The second-order valence-corrected chi connectivity index (χ2v) is 8.39. The molecule has 3 saturated heterocycles. The van der Waals surface area contributed by atoms with E-state index in [9.17, 15) is 4.79 Å². The second-order valence-electron chi connectivity index (χ2n) is 8.39. The summed E-state index contributed by atoms with van der Waals surface area (Å²) in [6.45, 7) is 7.97. The summed E-state index contributed by atoms with van der Waals surface area (Å²) in [5, 5.41) is 3.56. The molecule has 0 aromatic heterocycles. The summed E-state index contributed by atoms with van der Waals surface area (Å²) in [6.07, 6.45) is 8.48. The maximum atomic E-state index is 11.5. The number of hydrogen-bond acceptors (Lipinski definition) is 4. The quantitative estimate of drug-likeness (QED) is 0.570. The normalized spacial score (nSPS) is 25.8. The number of rotatable bonds is 5. The minimum Gasteiger partial charge on any atom is -0.376 e. The number of hydrogen-bond donors (Lipinski definition) is 1. The number of ether oxygens (including phenoxy) is 2. The Hall–Kier alpha value is -1.34. The molecule has 160 valence electrons. The highest BCUT2D eigenvalue weighted by Crippen LogP contribution is 2.19. The Kier molecular flexibility index (Phi) is 8.40. The molecule has 1 atom stereocenters. The van der Waals surface area contributed by atoms with Crippen LogP contribution in [0.15, 0.2) is 4.99 Å². The molecule has 0 radical (unpaired) electrons. The van der Waals surface area contributed by atoms with Crippen LogP contribution in [0, 0.1) is 5.92 Å². The van der Waals surface area contributed by atoms with E-state index in [0.29, 0.717) is 18.1 Å². The molecule has 0 bridgehead atoms. The van der Waals surface area contributed by atoms with Crippen molar-refractivity contribution in [2.45, 2.75) is 64.1 Å². The molecule has 0 spiro atoms. The van der Waals surface area contributed by atoms with Gasteiger partial charge in [-0.3, -0.25) is 9.79 Å². The van der Waals surface area contributed by atoms with Crippen LogP contribution in [0.5, 0.6) is 0 Å².